The zero-order valence-corrected chi connectivity index (χ0v) is 19.7. The maximum Gasteiger partial charge on any atom is 0.243 e. The van der Waals surface area contributed by atoms with Crippen molar-refractivity contribution in [1.82, 2.24) is 14.2 Å². The summed E-state index contributed by atoms with van der Waals surface area (Å²) in [6.45, 7) is 6.56. The highest BCUT2D eigenvalue weighted by Gasteiger charge is 2.37. The Balaban J connectivity index is 1.72. The number of hydrogen-bond donors (Lipinski definition) is 0. The predicted octanol–water partition coefficient (Wildman–Crippen LogP) is 2.68. The highest BCUT2D eigenvalue weighted by molar-refractivity contribution is 7.89. The summed E-state index contributed by atoms with van der Waals surface area (Å²) in [5, 5.41) is 0. The number of pyridine rings is 1. The molecule has 2 heterocycles. The van der Waals surface area contributed by atoms with Crippen LogP contribution in [0.3, 0.4) is 0 Å². The lowest BCUT2D eigenvalue weighted by molar-refractivity contribution is -0.136. The number of amides is 2. The molecule has 2 atom stereocenters. The van der Waals surface area contributed by atoms with Crippen molar-refractivity contribution >= 4 is 27.5 Å². The summed E-state index contributed by atoms with van der Waals surface area (Å²) in [6, 6.07) is 9.87. The van der Waals surface area contributed by atoms with Crippen LogP contribution in [0.5, 0.6) is 0 Å². The Morgan fingerprint density at radius 3 is 2.41 bits per heavy atom. The van der Waals surface area contributed by atoms with Gasteiger partial charge >= 0.3 is 0 Å². The molecular formula is C23H30N4O4S. The molecular weight excluding hydrogens is 428 g/mol. The maximum absolute atomic E-state index is 13.1. The smallest absolute Gasteiger partial charge is 0.243 e. The van der Waals surface area contributed by atoms with E-state index in [-0.39, 0.29) is 35.7 Å². The number of rotatable bonds is 8. The molecule has 8 nitrogen and oxygen atoms in total. The molecule has 1 aromatic carbocycles. The van der Waals surface area contributed by atoms with E-state index in [0.29, 0.717) is 18.8 Å². The minimum Gasteiger partial charge on any atom is -0.339 e. The van der Waals surface area contributed by atoms with Gasteiger partial charge in [-0.2, -0.15) is 4.31 Å². The predicted molar refractivity (Wildman–Crippen MR) is 122 cm³/mol. The van der Waals surface area contributed by atoms with Gasteiger partial charge in [-0.1, -0.05) is 19.9 Å². The Kier molecular flexibility index (Phi) is 7.30. The van der Waals surface area contributed by atoms with Gasteiger partial charge in [0.05, 0.1) is 16.9 Å². The maximum atomic E-state index is 13.1. The fourth-order valence-electron chi connectivity index (χ4n) is 3.96. The Morgan fingerprint density at radius 2 is 1.84 bits per heavy atom. The Bertz CT molecular complexity index is 1050. The molecule has 1 fully saturated rings. The number of anilines is 1. The van der Waals surface area contributed by atoms with Crippen LogP contribution in [0, 0.1) is 5.92 Å². The molecule has 2 aromatic rings. The van der Waals surface area contributed by atoms with E-state index in [9.17, 15) is 18.0 Å². The first-order chi connectivity index (χ1) is 15.2. The van der Waals surface area contributed by atoms with Crippen LogP contribution in [-0.2, 0) is 19.6 Å². The number of hydrogen-bond acceptors (Lipinski definition) is 5. The van der Waals surface area contributed by atoms with Gasteiger partial charge in [0.15, 0.2) is 0 Å². The van der Waals surface area contributed by atoms with E-state index in [0.717, 1.165) is 5.56 Å². The van der Waals surface area contributed by atoms with Gasteiger partial charge in [0.2, 0.25) is 21.8 Å². The van der Waals surface area contributed by atoms with E-state index < -0.39 is 15.9 Å². The van der Waals surface area contributed by atoms with Crippen molar-refractivity contribution in [2.75, 3.05) is 31.6 Å². The van der Waals surface area contributed by atoms with E-state index in [2.05, 4.69) is 4.98 Å². The van der Waals surface area contributed by atoms with Crippen molar-refractivity contribution in [2.24, 2.45) is 5.92 Å². The van der Waals surface area contributed by atoms with Gasteiger partial charge in [-0.15, -0.1) is 0 Å². The minimum absolute atomic E-state index is 0.0991. The summed E-state index contributed by atoms with van der Waals surface area (Å²) in [6.07, 6.45) is 3.54. The first-order valence-electron chi connectivity index (χ1n) is 10.8. The fourth-order valence-corrected chi connectivity index (χ4v) is 5.42. The third-order valence-corrected chi connectivity index (χ3v) is 8.13. The molecule has 2 amide bonds. The molecule has 3 rings (SSSR count). The molecule has 1 aliphatic heterocycles. The average molecular weight is 459 g/mol. The molecule has 0 saturated carbocycles. The zero-order valence-electron chi connectivity index (χ0n) is 18.9. The molecule has 1 aliphatic rings. The van der Waals surface area contributed by atoms with Crippen molar-refractivity contribution in [1.29, 1.82) is 0 Å². The van der Waals surface area contributed by atoms with Crippen LogP contribution < -0.4 is 4.90 Å². The second-order valence-corrected chi connectivity index (χ2v) is 9.84. The molecule has 9 heteroatoms. The summed E-state index contributed by atoms with van der Waals surface area (Å²) < 4.78 is 26.7. The SMILES string of the molecule is CCN(CC)S(=O)(=O)c1ccc(N2C[C@@H](C(=O)N(C)[C@@H](C)c3cccnc3)CC2=O)cc1. The summed E-state index contributed by atoms with van der Waals surface area (Å²) in [4.78, 5) is 33.2. The molecule has 0 bridgehead atoms. The zero-order chi connectivity index (χ0) is 23.5. The largest absolute Gasteiger partial charge is 0.339 e. The van der Waals surface area contributed by atoms with Crippen LogP contribution in [0.4, 0.5) is 5.69 Å². The van der Waals surface area contributed by atoms with E-state index >= 15 is 0 Å². The van der Waals surface area contributed by atoms with Gasteiger partial charge in [-0.25, -0.2) is 8.42 Å². The van der Waals surface area contributed by atoms with E-state index in [4.69, 9.17) is 0 Å². The summed E-state index contributed by atoms with van der Waals surface area (Å²) in [5.74, 6) is -0.700. The number of carbonyl (C=O) groups excluding carboxylic acids is 2. The summed E-state index contributed by atoms with van der Waals surface area (Å²) >= 11 is 0. The van der Waals surface area contributed by atoms with Crippen molar-refractivity contribution in [3.8, 4) is 0 Å². The van der Waals surface area contributed by atoms with Gasteiger partial charge in [0.25, 0.3) is 0 Å². The average Bonchev–Trinajstić information content (AvgIpc) is 3.20. The van der Waals surface area contributed by atoms with Gasteiger partial charge in [0.1, 0.15) is 0 Å². The molecule has 172 valence electrons. The van der Waals surface area contributed by atoms with Crippen LogP contribution in [0.2, 0.25) is 0 Å². The van der Waals surface area contributed by atoms with Gasteiger partial charge < -0.3 is 9.80 Å². The van der Waals surface area contributed by atoms with Crippen LogP contribution in [0.15, 0.2) is 53.7 Å². The molecule has 1 aromatic heterocycles. The summed E-state index contributed by atoms with van der Waals surface area (Å²) in [5.41, 5.74) is 1.52. The Morgan fingerprint density at radius 1 is 1.19 bits per heavy atom. The third kappa shape index (κ3) is 4.68. The van der Waals surface area contributed by atoms with Crippen molar-refractivity contribution < 1.29 is 18.0 Å². The van der Waals surface area contributed by atoms with Crippen LogP contribution in [0.1, 0.15) is 38.8 Å². The van der Waals surface area contributed by atoms with Crippen LogP contribution in [-0.4, -0.2) is 61.1 Å². The van der Waals surface area contributed by atoms with E-state index in [1.165, 1.54) is 16.4 Å². The summed E-state index contributed by atoms with van der Waals surface area (Å²) in [7, 11) is -1.83. The Labute approximate surface area is 189 Å². The van der Waals surface area contributed by atoms with Gasteiger partial charge in [0, 0.05) is 51.2 Å². The van der Waals surface area contributed by atoms with Crippen molar-refractivity contribution in [2.45, 2.75) is 38.1 Å². The van der Waals surface area contributed by atoms with Crippen LogP contribution in [0.25, 0.3) is 0 Å². The molecule has 0 spiro atoms. The second kappa shape index (κ2) is 9.79. The van der Waals surface area contributed by atoms with Crippen LogP contribution >= 0.6 is 0 Å². The molecule has 0 aliphatic carbocycles. The lowest BCUT2D eigenvalue weighted by atomic mass is 10.0. The number of benzene rings is 1. The topological polar surface area (TPSA) is 90.9 Å². The normalized spacial score (nSPS) is 17.6. The minimum atomic E-state index is -3.56. The first kappa shape index (κ1) is 23.9. The number of nitrogens with zero attached hydrogens (tertiary/aromatic N) is 4. The standard InChI is InChI=1S/C23H30N4O4S/c1-5-26(6-2)32(30,31)21-11-9-20(10-12-21)27-16-19(14-22(27)28)23(29)25(4)17(3)18-8-7-13-24-15-18/h7-13,15,17,19H,5-6,14,16H2,1-4H3/t17-,19-/m0/s1. The second-order valence-electron chi connectivity index (χ2n) is 7.90. The number of aromatic nitrogens is 1. The quantitative estimate of drug-likeness (QED) is 0.607. The van der Waals surface area contributed by atoms with Crippen molar-refractivity contribution in [3.63, 3.8) is 0 Å². The number of sulfonamides is 1. The van der Waals surface area contributed by atoms with E-state index in [1.54, 1.807) is 55.2 Å². The molecule has 32 heavy (non-hydrogen) atoms. The van der Waals surface area contributed by atoms with Crippen molar-refractivity contribution in [3.05, 3.63) is 54.4 Å². The highest BCUT2D eigenvalue weighted by atomic mass is 32.2. The molecule has 1 saturated heterocycles. The number of carbonyl (C=O) groups is 2. The van der Waals surface area contributed by atoms with Gasteiger partial charge in [-0.05, 0) is 42.8 Å². The Hall–Kier alpha value is -2.78. The third-order valence-electron chi connectivity index (χ3n) is 6.06. The molecule has 0 radical (unpaired) electrons. The molecule has 0 unspecified atom stereocenters. The van der Waals surface area contributed by atoms with Gasteiger partial charge in [-0.3, -0.25) is 14.6 Å². The lowest BCUT2D eigenvalue weighted by Crippen LogP contribution is -2.36. The monoisotopic (exact) mass is 458 g/mol. The fraction of sp³-hybridized carbons (Fsp3) is 0.435. The first-order valence-corrected chi connectivity index (χ1v) is 12.2. The lowest BCUT2D eigenvalue weighted by Gasteiger charge is -2.27. The van der Waals surface area contributed by atoms with E-state index in [1.807, 2.05) is 19.1 Å². The molecule has 0 N–H and O–H groups in total. The highest BCUT2D eigenvalue weighted by Crippen LogP contribution is 2.29.